The van der Waals surface area contributed by atoms with Crippen LogP contribution in [0, 0.1) is 0 Å². The molecule has 1 atom stereocenters. The predicted molar refractivity (Wildman–Crippen MR) is 68.1 cm³/mol. The van der Waals surface area contributed by atoms with Crippen molar-refractivity contribution in [3.63, 3.8) is 0 Å². The van der Waals surface area contributed by atoms with Gasteiger partial charge >= 0.3 is 5.97 Å². The van der Waals surface area contributed by atoms with Crippen LogP contribution in [0.15, 0.2) is 18.2 Å². The normalized spacial score (nSPS) is 18.6. The molecule has 2 rings (SSSR count). The van der Waals surface area contributed by atoms with E-state index >= 15 is 0 Å². The van der Waals surface area contributed by atoms with E-state index in [2.05, 4.69) is 10.6 Å². The maximum atomic E-state index is 11.8. The number of rotatable bonds is 3. The summed E-state index contributed by atoms with van der Waals surface area (Å²) < 4.78 is 0. The van der Waals surface area contributed by atoms with Crippen LogP contribution in [0.3, 0.4) is 0 Å². The van der Waals surface area contributed by atoms with E-state index in [1.54, 1.807) is 0 Å². The van der Waals surface area contributed by atoms with Gasteiger partial charge in [-0.25, -0.2) is 4.79 Å². The van der Waals surface area contributed by atoms with Gasteiger partial charge in [0.2, 0.25) is 5.91 Å². The molecular weight excluding hydrogens is 256 g/mol. The van der Waals surface area contributed by atoms with E-state index in [1.807, 2.05) is 0 Å². The molecule has 0 unspecified atom stereocenters. The Balaban J connectivity index is 2.09. The molecular formula is C12H13ClN2O3. The van der Waals surface area contributed by atoms with Gasteiger partial charge in [0.1, 0.15) is 0 Å². The lowest BCUT2D eigenvalue weighted by Crippen LogP contribution is -2.35. The Morgan fingerprint density at radius 1 is 1.44 bits per heavy atom. The van der Waals surface area contributed by atoms with Gasteiger partial charge in [-0.05, 0) is 37.6 Å². The van der Waals surface area contributed by atoms with Gasteiger partial charge in [-0.15, -0.1) is 0 Å². The molecule has 0 aromatic heterocycles. The third-order valence-corrected chi connectivity index (χ3v) is 3.16. The fourth-order valence-electron chi connectivity index (χ4n) is 1.88. The zero-order valence-electron chi connectivity index (χ0n) is 9.57. The first kappa shape index (κ1) is 12.9. The number of carboxylic acid groups (broad SMARTS) is 1. The molecule has 1 heterocycles. The lowest BCUT2D eigenvalue weighted by atomic mass is 10.2. The van der Waals surface area contributed by atoms with E-state index < -0.39 is 5.97 Å². The van der Waals surface area contributed by atoms with Crippen LogP contribution in [0.1, 0.15) is 23.2 Å². The number of amides is 1. The van der Waals surface area contributed by atoms with Crippen molar-refractivity contribution in [3.8, 4) is 0 Å². The second-order valence-electron chi connectivity index (χ2n) is 4.14. The average Bonchev–Trinajstić information content (AvgIpc) is 2.85. The van der Waals surface area contributed by atoms with Crippen molar-refractivity contribution >= 4 is 29.2 Å². The Labute approximate surface area is 109 Å². The summed E-state index contributed by atoms with van der Waals surface area (Å²) in [6.45, 7) is 0.837. The molecule has 1 saturated heterocycles. The van der Waals surface area contributed by atoms with Gasteiger partial charge in [0.15, 0.2) is 0 Å². The highest BCUT2D eigenvalue weighted by atomic mass is 35.5. The summed E-state index contributed by atoms with van der Waals surface area (Å²) in [4.78, 5) is 22.6. The summed E-state index contributed by atoms with van der Waals surface area (Å²) in [5.74, 6) is -1.19. The van der Waals surface area contributed by atoms with Crippen LogP contribution in [0.5, 0.6) is 0 Å². The smallest absolute Gasteiger partial charge is 0.335 e. The maximum absolute atomic E-state index is 11.8. The highest BCUT2D eigenvalue weighted by Crippen LogP contribution is 2.23. The second kappa shape index (κ2) is 5.37. The predicted octanol–water partition coefficient (Wildman–Crippen LogP) is 1.73. The quantitative estimate of drug-likeness (QED) is 0.780. The molecule has 1 fully saturated rings. The molecule has 0 bridgehead atoms. The first-order chi connectivity index (χ1) is 8.58. The molecule has 1 aromatic rings. The Kier molecular flexibility index (Phi) is 3.84. The molecule has 0 spiro atoms. The molecule has 1 amide bonds. The van der Waals surface area contributed by atoms with Gasteiger partial charge in [0.25, 0.3) is 0 Å². The average molecular weight is 269 g/mol. The Morgan fingerprint density at radius 3 is 2.78 bits per heavy atom. The molecule has 5 nitrogen and oxygen atoms in total. The summed E-state index contributed by atoms with van der Waals surface area (Å²) in [6.07, 6.45) is 1.78. The molecule has 1 aliphatic rings. The summed E-state index contributed by atoms with van der Waals surface area (Å²) in [5, 5.41) is 14.8. The lowest BCUT2D eigenvalue weighted by molar-refractivity contribution is -0.117. The van der Waals surface area contributed by atoms with Gasteiger partial charge in [0.05, 0.1) is 22.3 Å². The van der Waals surface area contributed by atoms with Gasteiger partial charge in [-0.3, -0.25) is 4.79 Å². The molecule has 18 heavy (non-hydrogen) atoms. The van der Waals surface area contributed by atoms with Crippen molar-refractivity contribution in [2.24, 2.45) is 0 Å². The Hall–Kier alpha value is -1.59. The molecule has 0 aliphatic carbocycles. The highest BCUT2D eigenvalue weighted by molar-refractivity contribution is 6.34. The zero-order chi connectivity index (χ0) is 13.1. The standard InChI is InChI=1S/C12H13ClN2O3/c13-8-6-7(12(17)18)3-4-9(8)15-11(16)10-2-1-5-14-10/h3-4,6,10,14H,1-2,5H2,(H,15,16)(H,17,18)/t10-/m0/s1. The summed E-state index contributed by atoms with van der Waals surface area (Å²) in [5.41, 5.74) is 0.525. The number of anilines is 1. The topological polar surface area (TPSA) is 78.4 Å². The van der Waals surface area contributed by atoms with Crippen molar-refractivity contribution in [1.29, 1.82) is 0 Å². The Bertz CT molecular complexity index is 484. The van der Waals surface area contributed by atoms with E-state index in [4.69, 9.17) is 16.7 Å². The fourth-order valence-corrected chi connectivity index (χ4v) is 2.11. The minimum atomic E-state index is -1.05. The van der Waals surface area contributed by atoms with Gasteiger partial charge in [0, 0.05) is 0 Å². The second-order valence-corrected chi connectivity index (χ2v) is 4.55. The molecule has 96 valence electrons. The van der Waals surface area contributed by atoms with Crippen LogP contribution in [-0.4, -0.2) is 29.6 Å². The monoisotopic (exact) mass is 268 g/mol. The number of nitrogens with one attached hydrogen (secondary N) is 2. The minimum absolute atomic E-state index is 0.0944. The first-order valence-corrected chi connectivity index (χ1v) is 6.03. The first-order valence-electron chi connectivity index (χ1n) is 5.65. The zero-order valence-corrected chi connectivity index (χ0v) is 10.3. The van der Waals surface area contributed by atoms with E-state index in [1.165, 1.54) is 18.2 Å². The minimum Gasteiger partial charge on any atom is -0.478 e. The van der Waals surface area contributed by atoms with Gasteiger partial charge in [-0.1, -0.05) is 11.6 Å². The molecule has 1 aromatic carbocycles. The molecule has 1 aliphatic heterocycles. The van der Waals surface area contributed by atoms with Gasteiger partial charge < -0.3 is 15.7 Å². The number of carbonyl (C=O) groups excluding carboxylic acids is 1. The van der Waals surface area contributed by atoms with Crippen molar-refractivity contribution < 1.29 is 14.7 Å². The van der Waals surface area contributed by atoms with Crippen molar-refractivity contribution in [2.75, 3.05) is 11.9 Å². The maximum Gasteiger partial charge on any atom is 0.335 e. The molecule has 6 heteroatoms. The Morgan fingerprint density at radius 2 is 2.22 bits per heavy atom. The van der Waals surface area contributed by atoms with E-state index in [-0.39, 0.29) is 22.5 Å². The van der Waals surface area contributed by atoms with Crippen molar-refractivity contribution in [2.45, 2.75) is 18.9 Å². The number of carbonyl (C=O) groups is 2. The van der Waals surface area contributed by atoms with Crippen LogP contribution in [0.25, 0.3) is 0 Å². The number of aromatic carboxylic acids is 1. The fraction of sp³-hybridized carbons (Fsp3) is 0.333. The number of hydrogen-bond donors (Lipinski definition) is 3. The summed E-state index contributed by atoms with van der Waals surface area (Å²) >= 11 is 5.93. The van der Waals surface area contributed by atoms with Gasteiger partial charge in [-0.2, -0.15) is 0 Å². The summed E-state index contributed by atoms with van der Waals surface area (Å²) in [7, 11) is 0. The third-order valence-electron chi connectivity index (χ3n) is 2.85. The van der Waals surface area contributed by atoms with Crippen molar-refractivity contribution in [3.05, 3.63) is 28.8 Å². The molecule has 0 radical (unpaired) electrons. The number of carboxylic acids is 1. The van der Waals surface area contributed by atoms with Crippen LogP contribution >= 0.6 is 11.6 Å². The van der Waals surface area contributed by atoms with E-state index in [0.717, 1.165) is 19.4 Å². The number of halogens is 1. The lowest BCUT2D eigenvalue weighted by Gasteiger charge is -2.12. The van der Waals surface area contributed by atoms with Crippen LogP contribution in [0.4, 0.5) is 5.69 Å². The van der Waals surface area contributed by atoms with E-state index in [9.17, 15) is 9.59 Å². The van der Waals surface area contributed by atoms with Crippen LogP contribution in [-0.2, 0) is 4.79 Å². The largest absolute Gasteiger partial charge is 0.478 e. The van der Waals surface area contributed by atoms with Crippen LogP contribution < -0.4 is 10.6 Å². The van der Waals surface area contributed by atoms with E-state index in [0.29, 0.717) is 5.69 Å². The molecule has 0 saturated carbocycles. The summed E-state index contributed by atoms with van der Waals surface area (Å²) in [6, 6.07) is 4.03. The van der Waals surface area contributed by atoms with Crippen molar-refractivity contribution in [1.82, 2.24) is 5.32 Å². The SMILES string of the molecule is O=C(O)c1ccc(NC(=O)[C@@H]2CCCN2)c(Cl)c1. The number of hydrogen-bond acceptors (Lipinski definition) is 3. The third kappa shape index (κ3) is 2.80. The number of benzene rings is 1. The highest BCUT2D eigenvalue weighted by Gasteiger charge is 2.22. The van der Waals surface area contributed by atoms with Crippen LogP contribution in [0.2, 0.25) is 5.02 Å². The molecule has 3 N–H and O–H groups in total.